The molecule has 2 aliphatic rings. The van der Waals surface area contributed by atoms with Crippen LogP contribution in [0.15, 0.2) is 29.2 Å². The molecule has 0 spiro atoms. The Balaban J connectivity index is 1.78. The van der Waals surface area contributed by atoms with Crippen LogP contribution in [0.1, 0.15) is 38.2 Å². The highest BCUT2D eigenvalue weighted by Gasteiger charge is 2.43. The van der Waals surface area contributed by atoms with E-state index in [0.29, 0.717) is 19.4 Å². The number of aliphatic carboxylic acids is 1. The van der Waals surface area contributed by atoms with Crippen LogP contribution in [0, 0.1) is 12.8 Å². The summed E-state index contributed by atoms with van der Waals surface area (Å²) in [6, 6.07) is 5.74. The number of hydrogen-bond donors (Lipinski definition) is 1. The molecule has 0 aromatic heterocycles. The zero-order chi connectivity index (χ0) is 19.8. The Kier molecular flexibility index (Phi) is 5.58. The number of hydrogen-bond acceptors (Lipinski definition) is 4. The Morgan fingerprint density at radius 2 is 1.81 bits per heavy atom. The van der Waals surface area contributed by atoms with Crippen molar-refractivity contribution in [2.24, 2.45) is 5.92 Å². The SMILES string of the molecule is Cc1ccc(S(=O)(=O)N2CCCC(C(=O)N(C3CC3)C(C)C(=O)O)C2)cc1. The van der Waals surface area contributed by atoms with Gasteiger partial charge in [0.2, 0.25) is 15.9 Å². The summed E-state index contributed by atoms with van der Waals surface area (Å²) in [4.78, 5) is 26.1. The molecule has 1 aliphatic heterocycles. The number of carbonyl (C=O) groups is 2. The quantitative estimate of drug-likeness (QED) is 0.795. The molecular weight excluding hydrogens is 368 g/mol. The number of aryl methyl sites for hydroxylation is 1. The van der Waals surface area contributed by atoms with Gasteiger partial charge in [0.15, 0.2) is 0 Å². The van der Waals surface area contributed by atoms with Crippen LogP contribution in [0.25, 0.3) is 0 Å². The lowest BCUT2D eigenvalue weighted by Gasteiger charge is -2.35. The third kappa shape index (κ3) is 4.16. The molecule has 1 amide bonds. The van der Waals surface area contributed by atoms with E-state index in [1.54, 1.807) is 24.3 Å². The van der Waals surface area contributed by atoms with Crippen LogP contribution < -0.4 is 0 Å². The van der Waals surface area contributed by atoms with Crippen molar-refractivity contribution < 1.29 is 23.1 Å². The molecule has 8 heteroatoms. The van der Waals surface area contributed by atoms with Crippen LogP contribution in [-0.2, 0) is 19.6 Å². The maximum Gasteiger partial charge on any atom is 0.326 e. The highest BCUT2D eigenvalue weighted by molar-refractivity contribution is 7.89. The van der Waals surface area contributed by atoms with Crippen molar-refractivity contribution in [1.82, 2.24) is 9.21 Å². The first-order valence-electron chi connectivity index (χ1n) is 9.33. The molecule has 1 aromatic rings. The Morgan fingerprint density at radius 1 is 1.19 bits per heavy atom. The normalized spacial score (nSPS) is 22.2. The smallest absolute Gasteiger partial charge is 0.326 e. The van der Waals surface area contributed by atoms with E-state index in [9.17, 15) is 23.1 Å². The van der Waals surface area contributed by atoms with Gasteiger partial charge in [0.25, 0.3) is 0 Å². The molecule has 2 atom stereocenters. The highest BCUT2D eigenvalue weighted by Crippen LogP contribution is 2.33. The third-order valence-corrected chi connectivity index (χ3v) is 7.24. The maximum atomic E-state index is 13.0. The first-order chi connectivity index (χ1) is 12.7. The van der Waals surface area contributed by atoms with Crippen molar-refractivity contribution in [2.45, 2.75) is 56.5 Å². The number of rotatable bonds is 6. The first kappa shape index (κ1) is 19.8. The number of carboxylic acids is 1. The molecule has 3 rings (SSSR count). The molecule has 1 heterocycles. The molecule has 7 nitrogen and oxygen atoms in total. The topological polar surface area (TPSA) is 95.0 Å². The number of amides is 1. The van der Waals surface area contributed by atoms with Crippen molar-refractivity contribution in [2.75, 3.05) is 13.1 Å². The van der Waals surface area contributed by atoms with Gasteiger partial charge in [-0.2, -0.15) is 4.31 Å². The van der Waals surface area contributed by atoms with Gasteiger partial charge in [-0.1, -0.05) is 17.7 Å². The van der Waals surface area contributed by atoms with Gasteiger partial charge in [-0.25, -0.2) is 13.2 Å². The molecule has 27 heavy (non-hydrogen) atoms. The summed E-state index contributed by atoms with van der Waals surface area (Å²) >= 11 is 0. The number of piperidine rings is 1. The van der Waals surface area contributed by atoms with Gasteiger partial charge in [-0.15, -0.1) is 0 Å². The molecule has 1 saturated heterocycles. The molecule has 148 valence electrons. The monoisotopic (exact) mass is 394 g/mol. The zero-order valence-electron chi connectivity index (χ0n) is 15.7. The highest BCUT2D eigenvalue weighted by atomic mass is 32.2. The van der Waals surface area contributed by atoms with Crippen molar-refractivity contribution in [1.29, 1.82) is 0 Å². The Hall–Kier alpha value is -1.93. The van der Waals surface area contributed by atoms with Gasteiger partial charge in [0, 0.05) is 19.1 Å². The molecule has 2 fully saturated rings. The summed E-state index contributed by atoms with van der Waals surface area (Å²) in [6.07, 6.45) is 2.78. The molecule has 1 aliphatic carbocycles. The minimum atomic E-state index is -3.67. The lowest BCUT2D eigenvalue weighted by molar-refractivity contribution is -0.152. The summed E-state index contributed by atoms with van der Waals surface area (Å²) in [6.45, 7) is 3.88. The molecule has 1 aromatic carbocycles. The summed E-state index contributed by atoms with van der Waals surface area (Å²) in [5, 5.41) is 9.33. The number of sulfonamides is 1. The van der Waals surface area contributed by atoms with Gasteiger partial charge in [0.1, 0.15) is 6.04 Å². The number of carbonyl (C=O) groups excluding carboxylic acids is 1. The molecule has 2 unspecified atom stereocenters. The second-order valence-corrected chi connectivity index (χ2v) is 9.44. The van der Waals surface area contributed by atoms with Crippen LogP contribution in [-0.4, -0.2) is 59.8 Å². The van der Waals surface area contributed by atoms with Crippen molar-refractivity contribution in [3.63, 3.8) is 0 Å². The van der Waals surface area contributed by atoms with Crippen molar-refractivity contribution >= 4 is 21.9 Å². The van der Waals surface area contributed by atoms with Gasteiger partial charge >= 0.3 is 5.97 Å². The second-order valence-electron chi connectivity index (χ2n) is 7.51. The predicted molar refractivity (Wildman–Crippen MR) is 99.6 cm³/mol. The van der Waals surface area contributed by atoms with Gasteiger partial charge < -0.3 is 10.0 Å². The minimum Gasteiger partial charge on any atom is -0.480 e. The fraction of sp³-hybridized carbons (Fsp3) is 0.579. The van der Waals surface area contributed by atoms with E-state index < -0.39 is 28.0 Å². The fourth-order valence-electron chi connectivity index (χ4n) is 3.59. The number of carboxylic acid groups (broad SMARTS) is 1. The van der Waals surface area contributed by atoms with E-state index in [1.165, 1.54) is 16.1 Å². The summed E-state index contributed by atoms with van der Waals surface area (Å²) in [5.74, 6) is -1.77. The average Bonchev–Trinajstić information content (AvgIpc) is 3.47. The van der Waals surface area contributed by atoms with E-state index in [1.807, 2.05) is 6.92 Å². The minimum absolute atomic E-state index is 0.0346. The van der Waals surface area contributed by atoms with Crippen LogP contribution in [0.2, 0.25) is 0 Å². The van der Waals surface area contributed by atoms with Crippen LogP contribution in [0.4, 0.5) is 0 Å². The molecule has 0 bridgehead atoms. The van der Waals surface area contributed by atoms with E-state index in [2.05, 4.69) is 0 Å². The van der Waals surface area contributed by atoms with Crippen LogP contribution >= 0.6 is 0 Å². The number of nitrogens with zero attached hydrogens (tertiary/aromatic N) is 2. The van der Waals surface area contributed by atoms with E-state index in [-0.39, 0.29) is 23.4 Å². The lowest BCUT2D eigenvalue weighted by Crippen LogP contribution is -2.51. The molecule has 1 N–H and O–H groups in total. The van der Waals surface area contributed by atoms with Crippen molar-refractivity contribution in [3.8, 4) is 0 Å². The van der Waals surface area contributed by atoms with E-state index in [4.69, 9.17) is 0 Å². The Bertz CT molecular complexity index is 817. The van der Waals surface area contributed by atoms with Gasteiger partial charge in [0.05, 0.1) is 10.8 Å². The second kappa shape index (κ2) is 7.59. The Labute approximate surface area is 160 Å². The molecule has 0 radical (unpaired) electrons. The first-order valence-corrected chi connectivity index (χ1v) is 10.8. The summed E-state index contributed by atoms with van der Waals surface area (Å²) in [7, 11) is -3.67. The lowest BCUT2D eigenvalue weighted by atomic mass is 9.97. The van der Waals surface area contributed by atoms with Crippen LogP contribution in [0.3, 0.4) is 0 Å². The molecule has 1 saturated carbocycles. The maximum absolute atomic E-state index is 13.0. The van der Waals surface area contributed by atoms with E-state index in [0.717, 1.165) is 18.4 Å². The van der Waals surface area contributed by atoms with Crippen LogP contribution in [0.5, 0.6) is 0 Å². The average molecular weight is 394 g/mol. The predicted octanol–water partition coefficient (Wildman–Crippen LogP) is 1.86. The molecular formula is C19H26N2O5S. The number of benzene rings is 1. The third-order valence-electron chi connectivity index (χ3n) is 5.36. The summed E-state index contributed by atoms with van der Waals surface area (Å²) < 4.78 is 27.2. The zero-order valence-corrected chi connectivity index (χ0v) is 16.5. The van der Waals surface area contributed by atoms with Gasteiger partial charge in [-0.3, -0.25) is 4.79 Å². The summed E-state index contributed by atoms with van der Waals surface area (Å²) in [5.41, 5.74) is 0.975. The fourth-order valence-corrected chi connectivity index (χ4v) is 5.11. The van der Waals surface area contributed by atoms with E-state index >= 15 is 0 Å². The Morgan fingerprint density at radius 3 is 2.37 bits per heavy atom. The van der Waals surface area contributed by atoms with Crippen molar-refractivity contribution in [3.05, 3.63) is 29.8 Å². The van der Waals surface area contributed by atoms with Gasteiger partial charge in [-0.05, 0) is 51.7 Å². The largest absolute Gasteiger partial charge is 0.480 e. The standard InChI is InChI=1S/C19H26N2O5S/c1-13-5-9-17(10-6-13)27(25,26)20-11-3-4-15(12-20)18(22)21(16-7-8-16)14(2)19(23)24/h5-6,9-10,14-16H,3-4,7-8,11-12H2,1-2H3,(H,23,24).